The van der Waals surface area contributed by atoms with Gasteiger partial charge in [0.25, 0.3) is 0 Å². The quantitative estimate of drug-likeness (QED) is 0.714. The van der Waals surface area contributed by atoms with Gasteiger partial charge in [-0.2, -0.15) is 0 Å². The van der Waals surface area contributed by atoms with E-state index in [-0.39, 0.29) is 5.41 Å². The molecule has 1 heterocycles. The third-order valence-electron chi connectivity index (χ3n) is 3.09. The molecule has 0 aliphatic rings. The maximum absolute atomic E-state index is 6.11. The normalized spacial score (nSPS) is 11.7. The van der Waals surface area contributed by atoms with E-state index in [4.69, 9.17) is 11.6 Å². The molecule has 0 atom stereocenters. The van der Waals surface area contributed by atoms with Gasteiger partial charge in [-0.25, -0.2) is 9.97 Å². The van der Waals surface area contributed by atoms with Crippen LogP contribution >= 0.6 is 23.4 Å². The van der Waals surface area contributed by atoms with E-state index in [0.717, 1.165) is 15.5 Å². The van der Waals surface area contributed by atoms with E-state index in [1.165, 1.54) is 5.56 Å². The topological polar surface area (TPSA) is 25.8 Å². The van der Waals surface area contributed by atoms with Gasteiger partial charge in [0.15, 0.2) is 0 Å². The second-order valence-electron chi connectivity index (χ2n) is 5.87. The van der Waals surface area contributed by atoms with Crippen molar-refractivity contribution in [3.63, 3.8) is 0 Å². The van der Waals surface area contributed by atoms with Gasteiger partial charge >= 0.3 is 0 Å². The Morgan fingerprint density at radius 2 is 1.60 bits per heavy atom. The average molecular weight is 307 g/mol. The van der Waals surface area contributed by atoms with Gasteiger partial charge in [-0.1, -0.05) is 56.3 Å². The summed E-state index contributed by atoms with van der Waals surface area (Å²) in [6, 6.07) is 8.62. The van der Waals surface area contributed by atoms with E-state index in [1.807, 2.05) is 13.8 Å². The van der Waals surface area contributed by atoms with Crippen LogP contribution in [0.5, 0.6) is 0 Å². The second-order valence-corrected chi connectivity index (χ2v) is 7.29. The second kappa shape index (κ2) is 5.74. The SMILES string of the molecule is Cc1nc(Cl)c(C)c(Sc2ccc(C(C)(C)C)cc2)n1. The molecule has 0 spiro atoms. The van der Waals surface area contributed by atoms with Gasteiger partial charge in [-0.15, -0.1) is 0 Å². The molecular weight excluding hydrogens is 288 g/mol. The van der Waals surface area contributed by atoms with Crippen LogP contribution in [0.4, 0.5) is 0 Å². The van der Waals surface area contributed by atoms with Crippen LogP contribution in [-0.2, 0) is 5.41 Å². The van der Waals surface area contributed by atoms with Crippen molar-refractivity contribution in [3.8, 4) is 0 Å². The van der Waals surface area contributed by atoms with E-state index in [9.17, 15) is 0 Å². The standard InChI is InChI=1S/C16H19ClN2S/c1-10-14(17)18-11(2)19-15(10)20-13-8-6-12(7-9-13)16(3,4)5/h6-9H,1-5H3. The Morgan fingerprint density at radius 1 is 1.00 bits per heavy atom. The molecular formula is C16H19ClN2S. The van der Waals surface area contributed by atoms with Crippen LogP contribution in [-0.4, -0.2) is 9.97 Å². The summed E-state index contributed by atoms with van der Waals surface area (Å²) in [6.07, 6.45) is 0. The molecule has 0 N–H and O–H groups in total. The first-order valence-corrected chi connectivity index (χ1v) is 7.76. The van der Waals surface area contributed by atoms with Gasteiger partial charge in [0.05, 0.1) is 0 Å². The fourth-order valence-corrected chi connectivity index (χ4v) is 2.99. The van der Waals surface area contributed by atoms with Crippen LogP contribution in [0.3, 0.4) is 0 Å². The van der Waals surface area contributed by atoms with Crippen LogP contribution in [0.2, 0.25) is 5.15 Å². The molecule has 0 saturated heterocycles. The Balaban J connectivity index is 2.27. The molecule has 0 aliphatic carbocycles. The highest BCUT2D eigenvalue weighted by Gasteiger charge is 2.14. The van der Waals surface area contributed by atoms with Crippen molar-refractivity contribution >= 4 is 23.4 Å². The third-order valence-corrected chi connectivity index (χ3v) is 4.56. The number of rotatable bonds is 2. The van der Waals surface area contributed by atoms with E-state index in [2.05, 4.69) is 55.0 Å². The molecule has 20 heavy (non-hydrogen) atoms. The Labute approximate surface area is 130 Å². The Bertz CT molecular complexity index is 616. The predicted octanol–water partition coefficient (Wildman–Crippen LogP) is 5.20. The molecule has 0 radical (unpaired) electrons. The van der Waals surface area contributed by atoms with Crippen LogP contribution < -0.4 is 0 Å². The van der Waals surface area contributed by atoms with Crippen molar-refractivity contribution < 1.29 is 0 Å². The van der Waals surface area contributed by atoms with Crippen molar-refractivity contribution in [1.29, 1.82) is 0 Å². The number of nitrogens with zero attached hydrogens (tertiary/aromatic N) is 2. The minimum Gasteiger partial charge on any atom is -0.226 e. The lowest BCUT2D eigenvalue weighted by Crippen LogP contribution is -2.10. The zero-order valence-corrected chi connectivity index (χ0v) is 14.1. The number of hydrogen-bond acceptors (Lipinski definition) is 3. The van der Waals surface area contributed by atoms with Crippen LogP contribution in [0.25, 0.3) is 0 Å². The molecule has 1 aromatic carbocycles. The third kappa shape index (κ3) is 3.53. The highest BCUT2D eigenvalue weighted by atomic mass is 35.5. The molecule has 0 saturated carbocycles. The number of hydrogen-bond donors (Lipinski definition) is 0. The van der Waals surface area contributed by atoms with Crippen LogP contribution in [0.15, 0.2) is 34.2 Å². The first-order chi connectivity index (χ1) is 9.27. The van der Waals surface area contributed by atoms with Crippen molar-refractivity contribution in [2.75, 3.05) is 0 Å². The lowest BCUT2D eigenvalue weighted by molar-refractivity contribution is 0.590. The van der Waals surface area contributed by atoms with Crippen molar-refractivity contribution in [2.24, 2.45) is 0 Å². The van der Waals surface area contributed by atoms with Crippen molar-refractivity contribution in [1.82, 2.24) is 9.97 Å². The van der Waals surface area contributed by atoms with Crippen LogP contribution in [0.1, 0.15) is 37.7 Å². The monoisotopic (exact) mass is 306 g/mol. The zero-order valence-electron chi connectivity index (χ0n) is 12.5. The van der Waals surface area contributed by atoms with E-state index in [1.54, 1.807) is 11.8 Å². The number of aromatic nitrogens is 2. The Hall–Kier alpha value is -1.06. The molecule has 2 aromatic rings. The fourth-order valence-electron chi connectivity index (χ4n) is 1.80. The Kier molecular flexibility index (Phi) is 4.40. The molecule has 0 unspecified atom stereocenters. The number of aryl methyl sites for hydroxylation is 1. The molecule has 0 aliphatic heterocycles. The van der Waals surface area contributed by atoms with Gasteiger partial charge in [-0.3, -0.25) is 0 Å². The molecule has 0 bridgehead atoms. The molecule has 2 nitrogen and oxygen atoms in total. The van der Waals surface area contributed by atoms with Gasteiger partial charge in [0.1, 0.15) is 16.0 Å². The minimum absolute atomic E-state index is 0.175. The summed E-state index contributed by atoms with van der Waals surface area (Å²) in [6.45, 7) is 10.5. The van der Waals surface area contributed by atoms with Gasteiger partial charge in [-0.05, 0) is 37.0 Å². The maximum Gasteiger partial charge on any atom is 0.136 e. The summed E-state index contributed by atoms with van der Waals surface area (Å²) in [7, 11) is 0. The largest absolute Gasteiger partial charge is 0.226 e. The molecule has 106 valence electrons. The number of halogens is 1. The highest BCUT2D eigenvalue weighted by molar-refractivity contribution is 7.99. The summed E-state index contributed by atoms with van der Waals surface area (Å²) >= 11 is 7.73. The van der Waals surface area contributed by atoms with Crippen LogP contribution in [0, 0.1) is 13.8 Å². The highest BCUT2D eigenvalue weighted by Crippen LogP contribution is 2.32. The lowest BCUT2D eigenvalue weighted by atomic mass is 9.87. The molecule has 1 aromatic heterocycles. The Morgan fingerprint density at radius 3 is 2.15 bits per heavy atom. The van der Waals surface area contributed by atoms with Gasteiger partial charge in [0, 0.05) is 10.5 Å². The summed E-state index contributed by atoms with van der Waals surface area (Å²) in [4.78, 5) is 9.79. The predicted molar refractivity (Wildman–Crippen MR) is 85.8 cm³/mol. The number of benzene rings is 1. The minimum atomic E-state index is 0.175. The van der Waals surface area contributed by atoms with Gasteiger partial charge in [0.2, 0.25) is 0 Å². The van der Waals surface area contributed by atoms with E-state index in [0.29, 0.717) is 11.0 Å². The van der Waals surface area contributed by atoms with Crippen molar-refractivity contribution in [2.45, 2.75) is 50.0 Å². The maximum atomic E-state index is 6.11. The molecule has 2 rings (SSSR count). The average Bonchev–Trinajstić information content (AvgIpc) is 2.35. The van der Waals surface area contributed by atoms with E-state index >= 15 is 0 Å². The summed E-state index contributed by atoms with van der Waals surface area (Å²) in [5.41, 5.74) is 2.44. The smallest absolute Gasteiger partial charge is 0.136 e. The fraction of sp³-hybridized carbons (Fsp3) is 0.375. The van der Waals surface area contributed by atoms with Gasteiger partial charge < -0.3 is 0 Å². The summed E-state index contributed by atoms with van der Waals surface area (Å²) in [5, 5.41) is 1.46. The molecule has 0 fully saturated rings. The first-order valence-electron chi connectivity index (χ1n) is 6.56. The van der Waals surface area contributed by atoms with Crippen molar-refractivity contribution in [3.05, 3.63) is 46.4 Å². The lowest BCUT2D eigenvalue weighted by Gasteiger charge is -2.19. The molecule has 4 heteroatoms. The van der Waals surface area contributed by atoms with E-state index < -0.39 is 0 Å². The zero-order chi connectivity index (χ0) is 14.9. The molecule has 0 amide bonds. The first kappa shape index (κ1) is 15.3. The summed E-state index contributed by atoms with van der Waals surface area (Å²) in [5.74, 6) is 0.703. The summed E-state index contributed by atoms with van der Waals surface area (Å²) < 4.78 is 0.